The van der Waals surface area contributed by atoms with Crippen LogP contribution in [0.2, 0.25) is 0 Å². The van der Waals surface area contributed by atoms with Gasteiger partial charge in [-0.25, -0.2) is 8.78 Å². The van der Waals surface area contributed by atoms with Gasteiger partial charge in [0.1, 0.15) is 11.6 Å². The molecule has 0 radical (unpaired) electrons. The summed E-state index contributed by atoms with van der Waals surface area (Å²) in [6, 6.07) is 4.85. The zero-order valence-electron chi connectivity index (χ0n) is 17.2. The number of hydrogen-bond acceptors (Lipinski definition) is 0. The second-order valence-electron chi connectivity index (χ2n) is 7.38. The summed E-state index contributed by atoms with van der Waals surface area (Å²) in [5.74, 6) is 5.48. The van der Waals surface area contributed by atoms with Gasteiger partial charge in [0, 0.05) is 22.6 Å². The maximum absolute atomic E-state index is 14.5. The van der Waals surface area contributed by atoms with Crippen LogP contribution in [0.4, 0.5) is 8.78 Å². The molecule has 1 aliphatic carbocycles. The van der Waals surface area contributed by atoms with Gasteiger partial charge in [-0.15, -0.1) is 6.58 Å². The van der Waals surface area contributed by atoms with Crippen molar-refractivity contribution in [2.45, 2.75) is 40.5 Å². The summed E-state index contributed by atoms with van der Waals surface area (Å²) < 4.78 is 28.7. The van der Waals surface area contributed by atoms with Crippen molar-refractivity contribution in [2.24, 2.45) is 11.8 Å². The Morgan fingerprint density at radius 2 is 2.00 bits per heavy atom. The molecule has 0 aliphatic heterocycles. The molecule has 0 fully saturated rings. The second-order valence-corrected chi connectivity index (χ2v) is 7.38. The van der Waals surface area contributed by atoms with E-state index in [4.69, 9.17) is 0 Å². The average molecular weight is 379 g/mol. The fourth-order valence-corrected chi connectivity index (χ4v) is 3.25. The summed E-state index contributed by atoms with van der Waals surface area (Å²) in [6.07, 6.45) is 6.18. The van der Waals surface area contributed by atoms with E-state index in [1.54, 1.807) is 24.3 Å². The molecule has 1 aromatic carbocycles. The summed E-state index contributed by atoms with van der Waals surface area (Å²) in [6.45, 7) is 15.8. The van der Waals surface area contributed by atoms with Gasteiger partial charge < -0.3 is 0 Å². The predicted molar refractivity (Wildman–Crippen MR) is 116 cm³/mol. The maximum Gasteiger partial charge on any atom is 0.130 e. The topological polar surface area (TPSA) is 0 Å². The SMILES string of the molecule is C=CC(C)C1CC(c2cc(C#C/C(C(=C)C)=C(\C)CC)ccc2F)=CC=C1F. The summed E-state index contributed by atoms with van der Waals surface area (Å²) in [5.41, 5.74) is 5.02. The smallest absolute Gasteiger partial charge is 0.130 e. The van der Waals surface area contributed by atoms with Crippen LogP contribution in [0.25, 0.3) is 5.57 Å². The van der Waals surface area contributed by atoms with Crippen molar-refractivity contribution in [1.82, 2.24) is 0 Å². The lowest BCUT2D eigenvalue weighted by Crippen LogP contribution is -2.14. The third kappa shape index (κ3) is 4.98. The van der Waals surface area contributed by atoms with Crippen molar-refractivity contribution < 1.29 is 8.78 Å². The van der Waals surface area contributed by atoms with E-state index in [9.17, 15) is 8.78 Å². The molecule has 2 atom stereocenters. The molecular weight excluding hydrogens is 350 g/mol. The molecule has 28 heavy (non-hydrogen) atoms. The largest absolute Gasteiger partial charge is 0.211 e. The molecule has 0 saturated heterocycles. The van der Waals surface area contributed by atoms with E-state index in [-0.39, 0.29) is 23.5 Å². The molecule has 1 aliphatic rings. The summed E-state index contributed by atoms with van der Waals surface area (Å²) in [5, 5.41) is 0. The first-order valence-electron chi connectivity index (χ1n) is 9.64. The molecule has 146 valence electrons. The zero-order chi connectivity index (χ0) is 20.8. The Bertz CT molecular complexity index is 929. The van der Waals surface area contributed by atoms with Gasteiger partial charge in [0.05, 0.1) is 0 Å². The zero-order valence-corrected chi connectivity index (χ0v) is 17.2. The van der Waals surface area contributed by atoms with Gasteiger partial charge in [-0.05, 0) is 68.0 Å². The van der Waals surface area contributed by atoms with Crippen LogP contribution in [-0.4, -0.2) is 0 Å². The molecule has 0 amide bonds. The highest BCUT2D eigenvalue weighted by molar-refractivity contribution is 5.71. The number of hydrogen-bond donors (Lipinski definition) is 0. The number of allylic oxidation sites excluding steroid dienone is 8. The number of benzene rings is 1. The van der Waals surface area contributed by atoms with E-state index in [2.05, 4.69) is 31.9 Å². The first kappa shape index (κ1) is 21.6. The summed E-state index contributed by atoms with van der Waals surface area (Å²) >= 11 is 0. The van der Waals surface area contributed by atoms with E-state index in [0.29, 0.717) is 12.0 Å². The second kappa shape index (κ2) is 9.51. The Hall–Kier alpha value is -2.66. The minimum atomic E-state index is -0.321. The van der Waals surface area contributed by atoms with Crippen LogP contribution in [-0.2, 0) is 0 Å². The maximum atomic E-state index is 14.5. The van der Waals surface area contributed by atoms with Crippen LogP contribution < -0.4 is 0 Å². The standard InChI is InChI=1S/C26H28F2/c1-7-18(5)22(17(3)4)12-9-20-10-13-26(28)24(15-20)21-11-14-25(27)23(16-21)19(6)8-2/h8,10-11,13-15,19,23H,2-3,7,16H2,1,4-6H3/b22-18-. The Morgan fingerprint density at radius 1 is 1.29 bits per heavy atom. The molecule has 2 heteroatoms. The number of halogens is 2. The number of rotatable bonds is 5. The highest BCUT2D eigenvalue weighted by Crippen LogP contribution is 2.37. The molecule has 0 spiro atoms. The van der Waals surface area contributed by atoms with E-state index < -0.39 is 0 Å². The van der Waals surface area contributed by atoms with E-state index in [0.717, 1.165) is 28.7 Å². The molecule has 1 aromatic rings. The van der Waals surface area contributed by atoms with Crippen molar-refractivity contribution in [1.29, 1.82) is 0 Å². The van der Waals surface area contributed by atoms with Crippen LogP contribution in [0.3, 0.4) is 0 Å². The normalized spacial score (nSPS) is 18.1. The van der Waals surface area contributed by atoms with Crippen LogP contribution in [0.15, 0.2) is 72.1 Å². The summed E-state index contributed by atoms with van der Waals surface area (Å²) in [4.78, 5) is 0. The molecule has 2 rings (SSSR count). The van der Waals surface area contributed by atoms with Gasteiger partial charge in [0.15, 0.2) is 0 Å². The summed E-state index contributed by atoms with van der Waals surface area (Å²) in [7, 11) is 0. The highest BCUT2D eigenvalue weighted by Gasteiger charge is 2.25. The lowest BCUT2D eigenvalue weighted by Gasteiger charge is -2.24. The molecule has 0 nitrogen and oxygen atoms in total. The van der Waals surface area contributed by atoms with Crippen LogP contribution in [0.5, 0.6) is 0 Å². The molecule has 0 saturated carbocycles. The minimum Gasteiger partial charge on any atom is -0.211 e. The van der Waals surface area contributed by atoms with Crippen LogP contribution in [0.1, 0.15) is 51.7 Å². The Morgan fingerprint density at radius 3 is 2.61 bits per heavy atom. The fraction of sp³-hybridized carbons (Fsp3) is 0.308. The van der Waals surface area contributed by atoms with Gasteiger partial charge in [-0.3, -0.25) is 0 Å². The van der Waals surface area contributed by atoms with Crippen LogP contribution in [0, 0.1) is 29.5 Å². The molecule has 2 unspecified atom stereocenters. The Balaban J connectivity index is 2.42. The van der Waals surface area contributed by atoms with E-state index in [1.807, 2.05) is 20.8 Å². The van der Waals surface area contributed by atoms with E-state index >= 15 is 0 Å². The van der Waals surface area contributed by atoms with Crippen molar-refractivity contribution >= 4 is 5.57 Å². The third-order valence-electron chi connectivity index (χ3n) is 5.27. The highest BCUT2D eigenvalue weighted by atomic mass is 19.1. The molecule has 0 heterocycles. The molecule has 0 aromatic heterocycles. The lowest BCUT2D eigenvalue weighted by atomic mass is 9.81. The fourth-order valence-electron chi connectivity index (χ4n) is 3.25. The monoisotopic (exact) mass is 378 g/mol. The third-order valence-corrected chi connectivity index (χ3v) is 5.27. The Labute approximate surface area is 168 Å². The first-order valence-corrected chi connectivity index (χ1v) is 9.64. The minimum absolute atomic E-state index is 0.0220. The first-order chi connectivity index (χ1) is 13.3. The van der Waals surface area contributed by atoms with Gasteiger partial charge in [0.2, 0.25) is 0 Å². The molecule has 0 bridgehead atoms. The lowest BCUT2D eigenvalue weighted by molar-refractivity contribution is 0.397. The predicted octanol–water partition coefficient (Wildman–Crippen LogP) is 7.56. The van der Waals surface area contributed by atoms with Gasteiger partial charge in [-0.2, -0.15) is 0 Å². The van der Waals surface area contributed by atoms with Gasteiger partial charge >= 0.3 is 0 Å². The van der Waals surface area contributed by atoms with Crippen LogP contribution >= 0.6 is 0 Å². The quantitative estimate of drug-likeness (QED) is 0.282. The van der Waals surface area contributed by atoms with Gasteiger partial charge in [0.25, 0.3) is 0 Å². The van der Waals surface area contributed by atoms with Gasteiger partial charge in [-0.1, -0.05) is 50.0 Å². The van der Waals surface area contributed by atoms with Crippen molar-refractivity contribution in [3.05, 3.63) is 89.1 Å². The van der Waals surface area contributed by atoms with Crippen molar-refractivity contribution in [3.63, 3.8) is 0 Å². The Kier molecular flexibility index (Phi) is 7.35. The molecule has 0 N–H and O–H groups in total. The molecular formula is C26H28F2. The van der Waals surface area contributed by atoms with Crippen molar-refractivity contribution in [2.75, 3.05) is 0 Å². The van der Waals surface area contributed by atoms with E-state index in [1.165, 1.54) is 17.7 Å². The van der Waals surface area contributed by atoms with Crippen molar-refractivity contribution in [3.8, 4) is 11.8 Å². The average Bonchev–Trinajstić information content (AvgIpc) is 2.68.